The summed E-state index contributed by atoms with van der Waals surface area (Å²) in [6.45, 7) is 1.79. The van der Waals surface area contributed by atoms with E-state index in [1.807, 2.05) is 0 Å². The van der Waals surface area contributed by atoms with Gasteiger partial charge in [0.1, 0.15) is 11.5 Å². The molecule has 3 heteroatoms. The fourth-order valence-electron chi connectivity index (χ4n) is 3.57. The van der Waals surface area contributed by atoms with Crippen LogP contribution in [0.1, 0.15) is 36.8 Å². The number of ether oxygens (including phenoxy) is 1. The van der Waals surface area contributed by atoms with Crippen LogP contribution in [0.2, 0.25) is 0 Å². The lowest BCUT2D eigenvalue weighted by Crippen LogP contribution is -2.33. The molecule has 3 aliphatic rings. The van der Waals surface area contributed by atoms with Crippen molar-refractivity contribution < 1.29 is 9.53 Å². The summed E-state index contributed by atoms with van der Waals surface area (Å²) >= 11 is 0. The lowest BCUT2D eigenvalue weighted by Gasteiger charge is -2.31. The van der Waals surface area contributed by atoms with Crippen LogP contribution in [0.3, 0.4) is 0 Å². The SMILES string of the molecule is O=C1CCC2(CC1)COc1cc3c(cc12)NCC3. The van der Waals surface area contributed by atoms with Crippen LogP contribution in [0.4, 0.5) is 5.69 Å². The van der Waals surface area contributed by atoms with Crippen LogP contribution in [0.25, 0.3) is 0 Å². The van der Waals surface area contributed by atoms with Gasteiger partial charge in [-0.05, 0) is 37.0 Å². The summed E-state index contributed by atoms with van der Waals surface area (Å²) in [5.74, 6) is 1.47. The third-order valence-electron chi connectivity index (χ3n) is 4.76. The van der Waals surface area contributed by atoms with Crippen molar-refractivity contribution in [3.63, 3.8) is 0 Å². The van der Waals surface area contributed by atoms with Gasteiger partial charge in [0.25, 0.3) is 0 Å². The van der Waals surface area contributed by atoms with Gasteiger partial charge in [-0.15, -0.1) is 0 Å². The summed E-state index contributed by atoms with van der Waals surface area (Å²) in [5, 5.41) is 3.44. The number of Topliss-reactive ketones (excluding diaryl/α,β-unsaturated/α-hetero) is 1. The van der Waals surface area contributed by atoms with Crippen molar-refractivity contribution in [1.29, 1.82) is 0 Å². The van der Waals surface area contributed by atoms with Crippen molar-refractivity contribution in [2.45, 2.75) is 37.5 Å². The number of rotatable bonds is 0. The van der Waals surface area contributed by atoms with E-state index in [0.717, 1.165) is 38.2 Å². The molecule has 0 unspecified atom stereocenters. The highest BCUT2D eigenvalue weighted by atomic mass is 16.5. The van der Waals surface area contributed by atoms with E-state index in [1.165, 1.54) is 16.8 Å². The normalized spacial score (nSPS) is 23.4. The van der Waals surface area contributed by atoms with Crippen LogP contribution in [0.15, 0.2) is 12.1 Å². The molecule has 0 aromatic heterocycles. The minimum absolute atomic E-state index is 0.114. The Morgan fingerprint density at radius 3 is 2.83 bits per heavy atom. The van der Waals surface area contributed by atoms with Gasteiger partial charge in [0, 0.05) is 36.1 Å². The van der Waals surface area contributed by atoms with E-state index in [-0.39, 0.29) is 5.41 Å². The van der Waals surface area contributed by atoms with Crippen LogP contribution in [0, 0.1) is 0 Å². The van der Waals surface area contributed by atoms with Crippen LogP contribution in [-0.4, -0.2) is 18.9 Å². The summed E-state index contributed by atoms with van der Waals surface area (Å²) in [4.78, 5) is 11.4. The maximum atomic E-state index is 11.4. The number of benzene rings is 1. The molecule has 2 heterocycles. The van der Waals surface area contributed by atoms with Gasteiger partial charge in [0.15, 0.2) is 0 Å². The Balaban J connectivity index is 1.78. The predicted molar refractivity (Wildman–Crippen MR) is 69.3 cm³/mol. The van der Waals surface area contributed by atoms with Gasteiger partial charge in [-0.3, -0.25) is 4.79 Å². The molecule has 0 radical (unpaired) electrons. The number of hydrogen-bond donors (Lipinski definition) is 1. The molecule has 1 saturated carbocycles. The van der Waals surface area contributed by atoms with E-state index >= 15 is 0 Å². The van der Waals surface area contributed by atoms with Crippen molar-refractivity contribution in [3.05, 3.63) is 23.3 Å². The molecule has 0 bridgehead atoms. The first kappa shape index (κ1) is 10.4. The quantitative estimate of drug-likeness (QED) is 0.760. The zero-order chi connectivity index (χ0) is 12.2. The number of nitrogens with one attached hydrogen (secondary N) is 1. The van der Waals surface area contributed by atoms with E-state index in [1.54, 1.807) is 0 Å². The van der Waals surface area contributed by atoms with E-state index in [9.17, 15) is 4.79 Å². The zero-order valence-corrected chi connectivity index (χ0v) is 10.4. The minimum atomic E-state index is 0.114. The monoisotopic (exact) mass is 243 g/mol. The summed E-state index contributed by atoms with van der Waals surface area (Å²) in [5.41, 5.74) is 4.10. The number of carbonyl (C=O) groups excluding carboxylic acids is 1. The summed E-state index contributed by atoms with van der Waals surface area (Å²) < 4.78 is 5.91. The molecule has 1 fully saturated rings. The molecule has 0 amide bonds. The third-order valence-corrected chi connectivity index (χ3v) is 4.76. The highest BCUT2D eigenvalue weighted by Crippen LogP contribution is 2.49. The molecule has 1 spiro atoms. The predicted octanol–water partition coefficient (Wildman–Crippen LogP) is 2.43. The fourth-order valence-corrected chi connectivity index (χ4v) is 3.57. The molecule has 18 heavy (non-hydrogen) atoms. The second-order valence-corrected chi connectivity index (χ2v) is 5.79. The smallest absolute Gasteiger partial charge is 0.132 e. The first-order chi connectivity index (χ1) is 8.77. The van der Waals surface area contributed by atoms with Crippen molar-refractivity contribution in [3.8, 4) is 5.75 Å². The Morgan fingerprint density at radius 2 is 2.00 bits per heavy atom. The van der Waals surface area contributed by atoms with E-state index in [0.29, 0.717) is 18.6 Å². The van der Waals surface area contributed by atoms with Gasteiger partial charge in [-0.25, -0.2) is 0 Å². The summed E-state index contributed by atoms with van der Waals surface area (Å²) in [6.07, 6.45) is 4.44. The van der Waals surface area contributed by atoms with E-state index < -0.39 is 0 Å². The Bertz CT molecular complexity index is 526. The van der Waals surface area contributed by atoms with Gasteiger partial charge in [-0.1, -0.05) is 0 Å². The topological polar surface area (TPSA) is 38.3 Å². The second-order valence-electron chi connectivity index (χ2n) is 5.79. The number of carbonyl (C=O) groups is 1. The first-order valence-corrected chi connectivity index (χ1v) is 6.83. The van der Waals surface area contributed by atoms with Crippen LogP contribution >= 0.6 is 0 Å². The number of hydrogen-bond acceptors (Lipinski definition) is 3. The van der Waals surface area contributed by atoms with Crippen molar-refractivity contribution in [1.82, 2.24) is 0 Å². The molecule has 94 valence electrons. The number of ketones is 1. The highest BCUT2D eigenvalue weighted by Gasteiger charge is 2.43. The summed E-state index contributed by atoms with van der Waals surface area (Å²) in [7, 11) is 0. The maximum Gasteiger partial charge on any atom is 0.132 e. The highest BCUT2D eigenvalue weighted by molar-refractivity contribution is 5.80. The van der Waals surface area contributed by atoms with Gasteiger partial charge >= 0.3 is 0 Å². The van der Waals surface area contributed by atoms with Gasteiger partial charge < -0.3 is 10.1 Å². The van der Waals surface area contributed by atoms with E-state index in [4.69, 9.17) is 4.74 Å². The number of fused-ring (bicyclic) bond motifs is 3. The fraction of sp³-hybridized carbons (Fsp3) is 0.533. The van der Waals surface area contributed by atoms with Crippen LogP contribution in [-0.2, 0) is 16.6 Å². The summed E-state index contributed by atoms with van der Waals surface area (Å²) in [6, 6.07) is 4.48. The molecule has 1 aromatic carbocycles. The van der Waals surface area contributed by atoms with Crippen molar-refractivity contribution >= 4 is 11.5 Å². The first-order valence-electron chi connectivity index (χ1n) is 6.83. The van der Waals surface area contributed by atoms with Crippen molar-refractivity contribution in [2.24, 2.45) is 0 Å². The second kappa shape index (κ2) is 3.50. The maximum absolute atomic E-state index is 11.4. The molecule has 1 aliphatic carbocycles. The zero-order valence-electron chi connectivity index (χ0n) is 10.4. The lowest BCUT2D eigenvalue weighted by atomic mass is 9.70. The molecule has 0 saturated heterocycles. The molecule has 1 aromatic rings. The Hall–Kier alpha value is -1.51. The van der Waals surface area contributed by atoms with Crippen LogP contribution < -0.4 is 10.1 Å². The average molecular weight is 243 g/mol. The Labute approximate surface area is 107 Å². The lowest BCUT2D eigenvalue weighted by molar-refractivity contribution is -0.121. The Morgan fingerprint density at radius 1 is 1.17 bits per heavy atom. The molecule has 3 nitrogen and oxygen atoms in total. The van der Waals surface area contributed by atoms with Crippen molar-refractivity contribution in [2.75, 3.05) is 18.5 Å². The molecule has 1 N–H and O–H groups in total. The average Bonchev–Trinajstić information content (AvgIpc) is 2.96. The minimum Gasteiger partial charge on any atom is -0.492 e. The molecule has 4 rings (SSSR count). The molecular formula is C15H17NO2. The van der Waals surface area contributed by atoms with Gasteiger partial charge in [-0.2, -0.15) is 0 Å². The number of anilines is 1. The van der Waals surface area contributed by atoms with E-state index in [2.05, 4.69) is 17.4 Å². The molecule has 2 aliphatic heterocycles. The van der Waals surface area contributed by atoms with Crippen LogP contribution in [0.5, 0.6) is 5.75 Å². The van der Waals surface area contributed by atoms with Gasteiger partial charge in [0.05, 0.1) is 6.61 Å². The molecule has 0 atom stereocenters. The standard InChI is InChI=1S/C15H17NO2/c17-11-1-4-15(5-2-11)9-18-14-7-10-3-6-16-13(10)8-12(14)15/h7-8,16H,1-6,9H2. The van der Waals surface area contributed by atoms with Gasteiger partial charge in [0.2, 0.25) is 0 Å². The Kier molecular flexibility index (Phi) is 2.02. The third kappa shape index (κ3) is 1.33. The molecular weight excluding hydrogens is 226 g/mol. The largest absolute Gasteiger partial charge is 0.492 e.